The lowest BCUT2D eigenvalue weighted by Crippen LogP contribution is -2.34. The zero-order valence-electron chi connectivity index (χ0n) is 12.4. The molecule has 1 saturated carbocycles. The lowest BCUT2D eigenvalue weighted by molar-refractivity contribution is -0.130. The quantitative estimate of drug-likeness (QED) is 0.802. The number of hydrogen-bond acceptors (Lipinski definition) is 3. The number of carbonyl (C=O) groups excluding carboxylic acids is 1. The second-order valence-electron chi connectivity index (χ2n) is 6.28. The van der Waals surface area contributed by atoms with Gasteiger partial charge >= 0.3 is 0 Å². The molecule has 1 saturated heterocycles. The Balaban J connectivity index is 1.64. The van der Waals surface area contributed by atoms with Crippen molar-refractivity contribution in [2.75, 3.05) is 19.8 Å². The van der Waals surface area contributed by atoms with Gasteiger partial charge in [-0.05, 0) is 25.2 Å². The summed E-state index contributed by atoms with van der Waals surface area (Å²) in [6, 6.07) is 0.0229. The van der Waals surface area contributed by atoms with Gasteiger partial charge in [0, 0.05) is 6.54 Å². The summed E-state index contributed by atoms with van der Waals surface area (Å²) in [6.07, 6.45) is 7.70. The minimum atomic E-state index is 0.0229. The van der Waals surface area contributed by atoms with Gasteiger partial charge in [-0.15, -0.1) is 0 Å². The third kappa shape index (κ3) is 4.46. The predicted octanol–water partition coefficient (Wildman–Crippen LogP) is 2.14. The normalized spacial score (nSPS) is 25.5. The molecular weight excluding hydrogens is 240 g/mol. The first-order valence-electron chi connectivity index (χ1n) is 7.80. The van der Waals surface area contributed by atoms with Crippen molar-refractivity contribution in [2.45, 2.75) is 64.5 Å². The Labute approximate surface area is 116 Å². The van der Waals surface area contributed by atoms with Gasteiger partial charge in [-0.25, -0.2) is 0 Å². The summed E-state index contributed by atoms with van der Waals surface area (Å²) in [7, 11) is 0. The Morgan fingerprint density at radius 3 is 2.74 bits per heavy atom. The third-order valence-corrected chi connectivity index (χ3v) is 4.11. The summed E-state index contributed by atoms with van der Waals surface area (Å²) in [6.45, 7) is 6.42. The van der Waals surface area contributed by atoms with Crippen LogP contribution in [-0.2, 0) is 9.53 Å². The van der Waals surface area contributed by atoms with Crippen molar-refractivity contribution in [3.05, 3.63) is 0 Å². The maximum absolute atomic E-state index is 12.1. The predicted molar refractivity (Wildman–Crippen MR) is 75.8 cm³/mol. The molecule has 1 atom stereocenters. The van der Waals surface area contributed by atoms with Crippen LogP contribution in [0.3, 0.4) is 0 Å². The van der Waals surface area contributed by atoms with Crippen LogP contribution in [0.2, 0.25) is 0 Å². The van der Waals surface area contributed by atoms with Gasteiger partial charge < -0.3 is 9.64 Å². The molecule has 110 valence electrons. The van der Waals surface area contributed by atoms with E-state index in [2.05, 4.69) is 19.2 Å². The molecule has 1 N–H and O–H groups in total. The number of carbonyl (C=O) groups is 1. The molecule has 4 heteroatoms. The molecule has 2 rings (SSSR count). The largest absolute Gasteiger partial charge is 0.376 e. The average molecular weight is 268 g/mol. The molecule has 0 bridgehead atoms. The molecule has 0 aromatic rings. The molecule has 1 heterocycles. The number of rotatable bonds is 6. The lowest BCUT2D eigenvalue weighted by atomic mass is 9.98. The van der Waals surface area contributed by atoms with E-state index in [1.54, 1.807) is 0 Å². The van der Waals surface area contributed by atoms with Gasteiger partial charge in [0.05, 0.1) is 25.4 Å². The van der Waals surface area contributed by atoms with Crippen LogP contribution in [0.1, 0.15) is 52.4 Å². The van der Waals surface area contributed by atoms with Crippen LogP contribution < -0.4 is 5.32 Å². The summed E-state index contributed by atoms with van der Waals surface area (Å²) >= 11 is 0. The van der Waals surface area contributed by atoms with E-state index in [1.165, 1.54) is 32.1 Å². The highest BCUT2D eigenvalue weighted by Crippen LogP contribution is 2.20. The van der Waals surface area contributed by atoms with E-state index in [0.717, 1.165) is 13.0 Å². The van der Waals surface area contributed by atoms with E-state index in [4.69, 9.17) is 4.74 Å². The van der Waals surface area contributed by atoms with Crippen molar-refractivity contribution in [1.29, 1.82) is 0 Å². The van der Waals surface area contributed by atoms with Crippen LogP contribution in [0.25, 0.3) is 0 Å². The summed E-state index contributed by atoms with van der Waals surface area (Å²) in [5.41, 5.74) is 0. The molecule has 0 spiro atoms. The first-order chi connectivity index (χ1) is 9.16. The van der Waals surface area contributed by atoms with E-state index >= 15 is 0 Å². The Hall–Kier alpha value is -0.610. The monoisotopic (exact) mass is 268 g/mol. The molecule has 2 aliphatic rings. The van der Waals surface area contributed by atoms with E-state index < -0.39 is 0 Å². The average Bonchev–Trinajstić information content (AvgIpc) is 2.72. The second-order valence-corrected chi connectivity index (χ2v) is 6.28. The molecular formula is C15H28N2O2. The molecule has 0 aromatic carbocycles. The van der Waals surface area contributed by atoms with Gasteiger partial charge in [-0.1, -0.05) is 33.1 Å². The summed E-state index contributed by atoms with van der Waals surface area (Å²) in [5.74, 6) is 0.806. The second kappa shape index (κ2) is 7.25. The minimum absolute atomic E-state index is 0.0229. The fourth-order valence-corrected chi connectivity index (χ4v) is 3.01. The standard InChI is InChI=1S/C15H28N2O2/c1-12(2)10-14-15(18)17(11-16-14)8-9-19-13-6-4-3-5-7-13/h12-14,16H,3-11H2,1-2H3. The van der Waals surface area contributed by atoms with Crippen LogP contribution in [-0.4, -0.2) is 42.8 Å². The van der Waals surface area contributed by atoms with Gasteiger partial charge in [-0.3, -0.25) is 10.1 Å². The Morgan fingerprint density at radius 1 is 1.32 bits per heavy atom. The van der Waals surface area contributed by atoms with Crippen molar-refractivity contribution >= 4 is 5.91 Å². The molecule has 0 radical (unpaired) electrons. The molecule has 4 nitrogen and oxygen atoms in total. The van der Waals surface area contributed by atoms with Crippen molar-refractivity contribution in [3.8, 4) is 0 Å². The Bertz CT molecular complexity index is 288. The number of nitrogens with zero attached hydrogens (tertiary/aromatic N) is 1. The molecule has 19 heavy (non-hydrogen) atoms. The van der Waals surface area contributed by atoms with E-state index in [9.17, 15) is 4.79 Å². The summed E-state index contributed by atoms with van der Waals surface area (Å²) in [5, 5.41) is 3.30. The highest BCUT2D eigenvalue weighted by molar-refractivity contribution is 5.83. The van der Waals surface area contributed by atoms with E-state index in [-0.39, 0.29) is 11.9 Å². The van der Waals surface area contributed by atoms with E-state index in [1.807, 2.05) is 4.90 Å². The van der Waals surface area contributed by atoms with Crippen molar-refractivity contribution in [1.82, 2.24) is 10.2 Å². The van der Waals surface area contributed by atoms with Crippen LogP contribution in [0.15, 0.2) is 0 Å². The highest BCUT2D eigenvalue weighted by atomic mass is 16.5. The van der Waals surface area contributed by atoms with Crippen molar-refractivity contribution in [2.24, 2.45) is 5.92 Å². The van der Waals surface area contributed by atoms with Crippen LogP contribution >= 0.6 is 0 Å². The van der Waals surface area contributed by atoms with E-state index in [0.29, 0.717) is 25.3 Å². The first kappa shape index (κ1) is 14.8. The van der Waals surface area contributed by atoms with Gasteiger partial charge in [0.15, 0.2) is 0 Å². The van der Waals surface area contributed by atoms with Gasteiger partial charge in [0.2, 0.25) is 5.91 Å². The van der Waals surface area contributed by atoms with Crippen LogP contribution in [0, 0.1) is 5.92 Å². The fourth-order valence-electron chi connectivity index (χ4n) is 3.01. The zero-order chi connectivity index (χ0) is 13.7. The van der Waals surface area contributed by atoms with Crippen LogP contribution in [0.5, 0.6) is 0 Å². The SMILES string of the molecule is CC(C)CC1NCN(CCOC2CCCCC2)C1=O. The number of hydrogen-bond donors (Lipinski definition) is 1. The zero-order valence-corrected chi connectivity index (χ0v) is 12.4. The van der Waals surface area contributed by atoms with Gasteiger partial charge in [0.1, 0.15) is 0 Å². The molecule has 1 unspecified atom stereocenters. The topological polar surface area (TPSA) is 41.6 Å². The number of nitrogens with one attached hydrogen (secondary N) is 1. The fraction of sp³-hybridized carbons (Fsp3) is 0.933. The molecule has 1 aliphatic carbocycles. The van der Waals surface area contributed by atoms with Crippen LogP contribution in [0.4, 0.5) is 0 Å². The summed E-state index contributed by atoms with van der Waals surface area (Å²) < 4.78 is 5.89. The number of amides is 1. The first-order valence-corrected chi connectivity index (χ1v) is 7.80. The Kier molecular flexibility index (Phi) is 5.64. The molecule has 2 fully saturated rings. The molecule has 0 aromatic heterocycles. The van der Waals surface area contributed by atoms with Crippen molar-refractivity contribution < 1.29 is 9.53 Å². The summed E-state index contributed by atoms with van der Waals surface area (Å²) in [4.78, 5) is 14.0. The smallest absolute Gasteiger partial charge is 0.240 e. The lowest BCUT2D eigenvalue weighted by Gasteiger charge is -2.23. The molecule has 1 aliphatic heterocycles. The Morgan fingerprint density at radius 2 is 2.05 bits per heavy atom. The maximum Gasteiger partial charge on any atom is 0.240 e. The van der Waals surface area contributed by atoms with Crippen molar-refractivity contribution in [3.63, 3.8) is 0 Å². The van der Waals surface area contributed by atoms with Gasteiger partial charge in [-0.2, -0.15) is 0 Å². The van der Waals surface area contributed by atoms with Gasteiger partial charge in [0.25, 0.3) is 0 Å². The number of ether oxygens (including phenoxy) is 1. The minimum Gasteiger partial charge on any atom is -0.376 e. The highest BCUT2D eigenvalue weighted by Gasteiger charge is 2.31. The molecule has 1 amide bonds. The third-order valence-electron chi connectivity index (χ3n) is 4.11. The maximum atomic E-state index is 12.1.